The van der Waals surface area contributed by atoms with Crippen LogP contribution in [0.1, 0.15) is 30.5 Å². The molecule has 3 heterocycles. The summed E-state index contributed by atoms with van der Waals surface area (Å²) in [6.45, 7) is 5.76. The number of piperidine rings is 1. The molecule has 0 aromatic carbocycles. The van der Waals surface area contributed by atoms with Crippen molar-refractivity contribution in [1.29, 1.82) is 0 Å². The van der Waals surface area contributed by atoms with E-state index in [1.165, 1.54) is 11.8 Å². The third-order valence-corrected chi connectivity index (χ3v) is 5.57. The predicted molar refractivity (Wildman–Crippen MR) is 94.3 cm³/mol. The third-order valence-electron chi connectivity index (χ3n) is 3.88. The van der Waals surface area contributed by atoms with Gasteiger partial charge >= 0.3 is 0 Å². The van der Waals surface area contributed by atoms with Crippen LogP contribution < -0.4 is 0 Å². The van der Waals surface area contributed by atoms with Gasteiger partial charge in [0.15, 0.2) is 0 Å². The SMILES string of the molecule is Cc1nc(S/C(=C/c2cccs2)C(=O)N2CCC(C)CC2)n[nH]1. The van der Waals surface area contributed by atoms with Gasteiger partial charge < -0.3 is 4.90 Å². The molecule has 0 atom stereocenters. The molecule has 1 aliphatic rings. The topological polar surface area (TPSA) is 61.9 Å². The fourth-order valence-electron chi connectivity index (χ4n) is 2.47. The molecule has 0 unspecified atom stereocenters. The quantitative estimate of drug-likeness (QED) is 0.678. The highest BCUT2D eigenvalue weighted by Gasteiger charge is 2.24. The van der Waals surface area contributed by atoms with E-state index in [0.29, 0.717) is 16.0 Å². The van der Waals surface area contributed by atoms with E-state index in [9.17, 15) is 4.79 Å². The maximum absolute atomic E-state index is 12.9. The molecule has 1 saturated heterocycles. The zero-order valence-electron chi connectivity index (χ0n) is 13.3. The van der Waals surface area contributed by atoms with Crippen molar-refractivity contribution in [3.8, 4) is 0 Å². The van der Waals surface area contributed by atoms with Crippen molar-refractivity contribution in [3.63, 3.8) is 0 Å². The first kappa shape index (κ1) is 16.3. The van der Waals surface area contributed by atoms with Gasteiger partial charge in [-0.15, -0.1) is 16.4 Å². The molecule has 2 aromatic rings. The molecule has 3 rings (SSSR count). The molecular formula is C16H20N4OS2. The molecule has 1 aliphatic heterocycles. The zero-order chi connectivity index (χ0) is 16.2. The average Bonchev–Trinajstić information content (AvgIpc) is 3.19. The number of aromatic nitrogens is 3. The number of amides is 1. The Morgan fingerprint density at radius 3 is 2.87 bits per heavy atom. The fourth-order valence-corrected chi connectivity index (χ4v) is 4.08. The lowest BCUT2D eigenvalue weighted by atomic mass is 9.99. The molecule has 5 nitrogen and oxygen atoms in total. The second-order valence-corrected chi connectivity index (χ2v) is 7.79. The maximum Gasteiger partial charge on any atom is 0.260 e. The first-order chi connectivity index (χ1) is 11.1. The Bertz CT molecular complexity index is 685. The third kappa shape index (κ3) is 4.23. The van der Waals surface area contributed by atoms with Gasteiger partial charge in [0, 0.05) is 18.0 Å². The summed E-state index contributed by atoms with van der Waals surface area (Å²) in [4.78, 5) is 20.9. The number of aromatic amines is 1. The van der Waals surface area contributed by atoms with Crippen molar-refractivity contribution in [3.05, 3.63) is 33.1 Å². The Morgan fingerprint density at radius 1 is 1.48 bits per heavy atom. The van der Waals surface area contributed by atoms with Crippen LogP contribution >= 0.6 is 23.1 Å². The fraction of sp³-hybridized carbons (Fsp3) is 0.438. The first-order valence-corrected chi connectivity index (χ1v) is 9.43. The zero-order valence-corrected chi connectivity index (χ0v) is 14.9. The number of nitrogens with zero attached hydrogens (tertiary/aromatic N) is 3. The normalized spacial score (nSPS) is 16.8. The number of hydrogen-bond acceptors (Lipinski definition) is 5. The molecule has 1 amide bonds. The van der Waals surface area contributed by atoms with E-state index in [1.807, 2.05) is 35.4 Å². The highest BCUT2D eigenvalue weighted by atomic mass is 32.2. The van der Waals surface area contributed by atoms with Crippen LogP contribution in [0.4, 0.5) is 0 Å². The van der Waals surface area contributed by atoms with Gasteiger partial charge in [-0.25, -0.2) is 4.98 Å². The van der Waals surface area contributed by atoms with Gasteiger partial charge in [0.05, 0.1) is 4.91 Å². The molecule has 0 aliphatic carbocycles. The van der Waals surface area contributed by atoms with Crippen LogP contribution in [0, 0.1) is 12.8 Å². The minimum Gasteiger partial charge on any atom is -0.338 e. The molecule has 0 spiro atoms. The lowest BCUT2D eigenvalue weighted by Gasteiger charge is -2.30. The van der Waals surface area contributed by atoms with E-state index in [4.69, 9.17) is 0 Å². The lowest BCUT2D eigenvalue weighted by molar-refractivity contribution is -0.127. The van der Waals surface area contributed by atoms with Crippen LogP contribution in [-0.2, 0) is 4.79 Å². The summed E-state index contributed by atoms with van der Waals surface area (Å²) >= 11 is 2.96. The van der Waals surface area contributed by atoms with E-state index < -0.39 is 0 Å². The number of thioether (sulfide) groups is 1. The van der Waals surface area contributed by atoms with E-state index in [2.05, 4.69) is 22.1 Å². The molecule has 7 heteroatoms. The highest BCUT2D eigenvalue weighted by molar-refractivity contribution is 8.04. The molecule has 23 heavy (non-hydrogen) atoms. The summed E-state index contributed by atoms with van der Waals surface area (Å²) < 4.78 is 0. The number of carbonyl (C=O) groups excluding carboxylic acids is 1. The van der Waals surface area contributed by atoms with Gasteiger partial charge in [-0.05, 0) is 55.0 Å². The number of thiophene rings is 1. The number of nitrogens with one attached hydrogen (secondary N) is 1. The second kappa shape index (κ2) is 7.31. The van der Waals surface area contributed by atoms with Crippen LogP contribution in [-0.4, -0.2) is 39.1 Å². The number of likely N-dealkylation sites (tertiary alicyclic amines) is 1. The van der Waals surface area contributed by atoms with Crippen molar-refractivity contribution in [2.45, 2.75) is 31.8 Å². The van der Waals surface area contributed by atoms with Crippen LogP contribution in [0.25, 0.3) is 6.08 Å². The molecule has 0 radical (unpaired) electrons. The molecular weight excluding hydrogens is 328 g/mol. The number of H-pyrrole nitrogens is 1. The molecule has 1 fully saturated rings. The van der Waals surface area contributed by atoms with Crippen LogP contribution in [0.3, 0.4) is 0 Å². The van der Waals surface area contributed by atoms with Crippen molar-refractivity contribution < 1.29 is 4.79 Å². The molecule has 0 saturated carbocycles. The van der Waals surface area contributed by atoms with Gasteiger partial charge in [0.2, 0.25) is 5.16 Å². The number of carbonyl (C=O) groups is 1. The molecule has 122 valence electrons. The highest BCUT2D eigenvalue weighted by Crippen LogP contribution is 2.30. The van der Waals surface area contributed by atoms with Crippen LogP contribution in [0.2, 0.25) is 0 Å². The van der Waals surface area contributed by atoms with Crippen molar-refractivity contribution in [2.75, 3.05) is 13.1 Å². The summed E-state index contributed by atoms with van der Waals surface area (Å²) in [6, 6.07) is 4.00. The minimum atomic E-state index is 0.0813. The average molecular weight is 348 g/mol. The van der Waals surface area contributed by atoms with Gasteiger partial charge in [-0.1, -0.05) is 13.0 Å². The van der Waals surface area contributed by atoms with Crippen molar-refractivity contribution >= 4 is 35.1 Å². The van der Waals surface area contributed by atoms with Gasteiger partial charge in [0.1, 0.15) is 5.82 Å². The Morgan fingerprint density at radius 2 is 2.26 bits per heavy atom. The van der Waals surface area contributed by atoms with Crippen LogP contribution in [0.5, 0.6) is 0 Å². The summed E-state index contributed by atoms with van der Waals surface area (Å²) in [7, 11) is 0. The van der Waals surface area contributed by atoms with Gasteiger partial charge in [0.25, 0.3) is 5.91 Å². The van der Waals surface area contributed by atoms with Crippen molar-refractivity contribution in [2.24, 2.45) is 5.92 Å². The first-order valence-electron chi connectivity index (χ1n) is 7.73. The number of aryl methyl sites for hydroxylation is 1. The Labute approximate surface area is 144 Å². The van der Waals surface area contributed by atoms with E-state index in [0.717, 1.165) is 36.6 Å². The minimum absolute atomic E-state index is 0.0813. The monoisotopic (exact) mass is 348 g/mol. The summed E-state index contributed by atoms with van der Waals surface area (Å²) in [6.07, 6.45) is 4.09. The van der Waals surface area contributed by atoms with E-state index in [-0.39, 0.29) is 5.91 Å². The number of hydrogen-bond donors (Lipinski definition) is 1. The molecule has 1 N–H and O–H groups in total. The Balaban J connectivity index is 1.81. The second-order valence-electron chi connectivity index (χ2n) is 5.80. The van der Waals surface area contributed by atoms with Gasteiger partial charge in [-0.3, -0.25) is 9.89 Å². The van der Waals surface area contributed by atoms with Crippen molar-refractivity contribution in [1.82, 2.24) is 20.1 Å². The summed E-state index contributed by atoms with van der Waals surface area (Å²) in [5.74, 6) is 1.53. The largest absolute Gasteiger partial charge is 0.338 e. The Hall–Kier alpha value is -1.60. The van der Waals surface area contributed by atoms with Crippen LogP contribution in [0.15, 0.2) is 27.6 Å². The maximum atomic E-state index is 12.9. The van der Waals surface area contributed by atoms with Gasteiger partial charge in [-0.2, -0.15) is 0 Å². The van der Waals surface area contributed by atoms with E-state index in [1.54, 1.807) is 11.3 Å². The standard InChI is InChI=1S/C16H20N4OS2/c1-11-5-7-20(8-6-11)15(21)14(10-13-4-3-9-22-13)23-16-17-12(2)18-19-16/h3-4,9-11H,5-8H2,1-2H3,(H,17,18,19)/b14-10+. The number of rotatable bonds is 4. The smallest absolute Gasteiger partial charge is 0.260 e. The molecule has 0 bridgehead atoms. The lowest BCUT2D eigenvalue weighted by Crippen LogP contribution is -2.38. The van der Waals surface area contributed by atoms with E-state index >= 15 is 0 Å². The molecule has 2 aromatic heterocycles. The Kier molecular flexibility index (Phi) is 5.17. The summed E-state index contributed by atoms with van der Waals surface area (Å²) in [5.41, 5.74) is 0. The predicted octanol–water partition coefficient (Wildman–Crippen LogP) is 3.57. The summed E-state index contributed by atoms with van der Waals surface area (Å²) in [5, 5.41) is 9.57.